The lowest BCUT2D eigenvalue weighted by molar-refractivity contribution is -0.143. The lowest BCUT2D eigenvalue weighted by Crippen LogP contribution is -2.36. The topological polar surface area (TPSA) is 118 Å². The second-order valence-corrected chi connectivity index (χ2v) is 11.1. The Bertz CT molecular complexity index is 1610. The molecule has 1 aromatic heterocycles. The first kappa shape index (κ1) is 28.6. The molecule has 0 aliphatic carbocycles. The van der Waals surface area contributed by atoms with Crippen LogP contribution in [0.5, 0.6) is 5.75 Å². The molecule has 11 heteroatoms. The number of likely N-dealkylation sites (N-methyl/N-ethyl adjacent to an activating group) is 1. The molecule has 0 unspecified atom stereocenters. The Morgan fingerprint density at radius 1 is 1.02 bits per heavy atom. The molecule has 0 saturated carbocycles. The van der Waals surface area contributed by atoms with Crippen LogP contribution in [0.3, 0.4) is 0 Å². The largest absolute Gasteiger partial charge is 0.486 e. The van der Waals surface area contributed by atoms with Gasteiger partial charge in [-0.15, -0.1) is 0 Å². The van der Waals surface area contributed by atoms with E-state index in [4.69, 9.17) is 14.7 Å². The smallest absolute Gasteiger partial charge is 0.326 e. The number of hydrogen-bond donors (Lipinski definition) is 0. The Labute approximate surface area is 234 Å². The van der Waals surface area contributed by atoms with Crippen molar-refractivity contribution in [2.24, 2.45) is 0 Å². The van der Waals surface area contributed by atoms with Crippen molar-refractivity contribution in [3.63, 3.8) is 0 Å². The maximum Gasteiger partial charge on any atom is 0.326 e. The van der Waals surface area contributed by atoms with Gasteiger partial charge in [0.25, 0.3) is 10.0 Å². The van der Waals surface area contributed by atoms with E-state index >= 15 is 0 Å². The highest BCUT2D eigenvalue weighted by atomic mass is 32.2. The van der Waals surface area contributed by atoms with E-state index in [2.05, 4.69) is 11.1 Å². The zero-order valence-electron chi connectivity index (χ0n) is 22.6. The Balaban J connectivity index is 1.75. The molecule has 4 aromatic rings. The molecule has 208 valence electrons. The van der Waals surface area contributed by atoms with E-state index in [1.165, 1.54) is 4.31 Å². The van der Waals surface area contributed by atoms with Gasteiger partial charge in [-0.25, -0.2) is 13.4 Å². The highest BCUT2D eigenvalue weighted by Crippen LogP contribution is 2.28. The maximum atomic E-state index is 13.7. The van der Waals surface area contributed by atoms with E-state index in [-0.39, 0.29) is 31.2 Å². The summed E-state index contributed by atoms with van der Waals surface area (Å²) >= 11 is 0. The number of aromatic nitrogens is 2. The zero-order chi connectivity index (χ0) is 28.7. The van der Waals surface area contributed by atoms with Gasteiger partial charge in [-0.3, -0.25) is 9.10 Å². The highest BCUT2D eigenvalue weighted by Gasteiger charge is 2.26. The summed E-state index contributed by atoms with van der Waals surface area (Å²) in [6.45, 7) is 2.59. The number of anilines is 1. The second-order valence-electron chi connectivity index (χ2n) is 9.21. The third kappa shape index (κ3) is 6.59. The standard InChI is InChI=1S/C29H31N5O5S/c1-4-38-29(35)20-33-27-18-23(34(17-16-32(2)3)40(36,37)25-8-6-5-7-9-25)12-15-26(27)31-28(33)21-39-24-13-10-22(19-30)11-14-24/h5-15,18H,4,16-17,20-21H2,1-3H3. The number of ether oxygens (including phenoxy) is 2. The quantitative estimate of drug-likeness (QED) is 0.240. The fourth-order valence-corrected chi connectivity index (χ4v) is 5.58. The third-order valence-electron chi connectivity index (χ3n) is 6.12. The monoisotopic (exact) mass is 561 g/mol. The van der Waals surface area contributed by atoms with Crippen molar-refractivity contribution in [3.05, 3.63) is 84.2 Å². The zero-order valence-corrected chi connectivity index (χ0v) is 23.5. The predicted molar refractivity (Wildman–Crippen MR) is 151 cm³/mol. The van der Waals surface area contributed by atoms with E-state index in [0.717, 1.165) is 0 Å². The van der Waals surface area contributed by atoms with Crippen LogP contribution in [0, 0.1) is 11.3 Å². The summed E-state index contributed by atoms with van der Waals surface area (Å²) in [5, 5.41) is 9.03. The number of hydrogen-bond acceptors (Lipinski definition) is 8. The van der Waals surface area contributed by atoms with Gasteiger partial charge in [0.1, 0.15) is 24.7 Å². The maximum absolute atomic E-state index is 13.7. The molecule has 0 spiro atoms. The van der Waals surface area contributed by atoms with Crippen molar-refractivity contribution < 1.29 is 22.7 Å². The van der Waals surface area contributed by atoms with Gasteiger partial charge in [-0.2, -0.15) is 5.26 Å². The first-order chi connectivity index (χ1) is 19.2. The van der Waals surface area contributed by atoms with E-state index in [0.29, 0.717) is 40.4 Å². The van der Waals surface area contributed by atoms with Crippen LogP contribution in [0.25, 0.3) is 11.0 Å². The van der Waals surface area contributed by atoms with Gasteiger partial charge in [0.2, 0.25) is 0 Å². The number of benzene rings is 3. The van der Waals surface area contributed by atoms with Crippen molar-refractivity contribution in [2.75, 3.05) is 38.1 Å². The summed E-state index contributed by atoms with van der Waals surface area (Å²) < 4.78 is 41.6. The summed E-state index contributed by atoms with van der Waals surface area (Å²) in [7, 11) is -0.110. The van der Waals surface area contributed by atoms with Crippen molar-refractivity contribution in [1.29, 1.82) is 5.26 Å². The number of esters is 1. The van der Waals surface area contributed by atoms with Crippen LogP contribution >= 0.6 is 0 Å². The van der Waals surface area contributed by atoms with Crippen molar-refractivity contribution in [2.45, 2.75) is 25.0 Å². The molecule has 0 N–H and O–H groups in total. The van der Waals surface area contributed by atoms with Crippen molar-refractivity contribution in [3.8, 4) is 11.8 Å². The number of imidazole rings is 1. The number of fused-ring (bicyclic) bond motifs is 1. The number of sulfonamides is 1. The fraction of sp³-hybridized carbons (Fsp3) is 0.276. The fourth-order valence-electron chi connectivity index (χ4n) is 4.11. The molecule has 10 nitrogen and oxygen atoms in total. The Morgan fingerprint density at radius 3 is 2.40 bits per heavy atom. The minimum absolute atomic E-state index is 0.0436. The Kier molecular flexibility index (Phi) is 9.04. The number of rotatable bonds is 12. The van der Waals surface area contributed by atoms with E-state index in [1.807, 2.05) is 19.0 Å². The van der Waals surface area contributed by atoms with Crippen LogP contribution in [-0.2, 0) is 32.7 Å². The number of carbonyl (C=O) groups is 1. The van der Waals surface area contributed by atoms with Crippen LogP contribution < -0.4 is 9.04 Å². The van der Waals surface area contributed by atoms with Gasteiger partial charge in [0.15, 0.2) is 0 Å². The normalized spacial score (nSPS) is 11.4. The molecule has 0 fully saturated rings. The van der Waals surface area contributed by atoms with E-state index in [9.17, 15) is 13.2 Å². The van der Waals surface area contributed by atoms with Crippen LogP contribution in [-0.4, -0.2) is 62.6 Å². The summed E-state index contributed by atoms with van der Waals surface area (Å²) in [5.74, 6) is 0.557. The van der Waals surface area contributed by atoms with Crippen molar-refractivity contribution in [1.82, 2.24) is 14.5 Å². The van der Waals surface area contributed by atoms with E-state index < -0.39 is 16.0 Å². The summed E-state index contributed by atoms with van der Waals surface area (Å²) in [4.78, 5) is 19.3. The molecular formula is C29H31N5O5S. The molecule has 3 aromatic carbocycles. The highest BCUT2D eigenvalue weighted by molar-refractivity contribution is 7.92. The minimum Gasteiger partial charge on any atom is -0.486 e. The predicted octanol–water partition coefficient (Wildman–Crippen LogP) is 3.81. The molecule has 0 aliphatic heterocycles. The number of nitrogens with zero attached hydrogens (tertiary/aromatic N) is 5. The molecule has 0 amide bonds. The van der Waals surface area contributed by atoms with Gasteiger partial charge in [0, 0.05) is 13.1 Å². The first-order valence-corrected chi connectivity index (χ1v) is 14.2. The molecule has 0 saturated heterocycles. The Hall–Kier alpha value is -4.40. The number of carbonyl (C=O) groups excluding carboxylic acids is 1. The molecular weight excluding hydrogens is 530 g/mol. The molecule has 4 rings (SSSR count). The minimum atomic E-state index is -3.87. The third-order valence-corrected chi connectivity index (χ3v) is 7.97. The molecule has 40 heavy (non-hydrogen) atoms. The van der Waals surface area contributed by atoms with Crippen LogP contribution in [0.15, 0.2) is 77.7 Å². The van der Waals surface area contributed by atoms with Crippen LogP contribution in [0.2, 0.25) is 0 Å². The van der Waals surface area contributed by atoms with Gasteiger partial charge in [-0.05, 0) is 75.6 Å². The Morgan fingerprint density at radius 2 is 1.75 bits per heavy atom. The molecule has 0 atom stereocenters. The average Bonchev–Trinajstić information content (AvgIpc) is 3.29. The molecule has 1 heterocycles. The van der Waals surface area contributed by atoms with Gasteiger partial charge in [0.05, 0.1) is 39.9 Å². The summed E-state index contributed by atoms with van der Waals surface area (Å²) in [6.07, 6.45) is 0. The van der Waals surface area contributed by atoms with E-state index in [1.54, 1.807) is 84.3 Å². The summed E-state index contributed by atoms with van der Waals surface area (Å²) in [6, 6.07) is 22.2. The van der Waals surface area contributed by atoms with Gasteiger partial charge in [-0.1, -0.05) is 18.2 Å². The van der Waals surface area contributed by atoms with Crippen molar-refractivity contribution >= 4 is 32.7 Å². The SMILES string of the molecule is CCOC(=O)Cn1c(COc2ccc(C#N)cc2)nc2ccc(N(CCN(C)C)S(=O)(=O)c3ccccc3)cc21. The second kappa shape index (κ2) is 12.6. The molecule has 0 aliphatic rings. The average molecular weight is 562 g/mol. The molecule has 0 bridgehead atoms. The number of nitriles is 1. The summed E-state index contributed by atoms with van der Waals surface area (Å²) in [5.41, 5.74) is 2.11. The van der Waals surface area contributed by atoms with Gasteiger partial charge < -0.3 is 18.9 Å². The molecule has 0 radical (unpaired) electrons. The van der Waals surface area contributed by atoms with Crippen LogP contribution in [0.4, 0.5) is 5.69 Å². The lowest BCUT2D eigenvalue weighted by Gasteiger charge is -2.26. The van der Waals surface area contributed by atoms with Gasteiger partial charge >= 0.3 is 5.97 Å². The van der Waals surface area contributed by atoms with Crippen LogP contribution in [0.1, 0.15) is 18.3 Å². The first-order valence-electron chi connectivity index (χ1n) is 12.7. The lowest BCUT2D eigenvalue weighted by atomic mass is 10.2.